The molecule has 1 unspecified atom stereocenters. The number of aliphatic imine (C=N–C) groups is 1. The third kappa shape index (κ3) is 3.25. The minimum absolute atomic E-state index is 0.129. The van der Waals surface area contributed by atoms with Crippen LogP contribution in [0.1, 0.15) is 5.56 Å². The van der Waals surface area contributed by atoms with E-state index in [2.05, 4.69) is 4.99 Å². The lowest BCUT2D eigenvalue weighted by Gasteiger charge is -1.98. The molecule has 0 saturated heterocycles. The van der Waals surface area contributed by atoms with Crippen molar-refractivity contribution in [2.45, 2.75) is 12.6 Å². The molecule has 0 aliphatic rings. The fourth-order valence-corrected chi connectivity index (χ4v) is 1.04. The van der Waals surface area contributed by atoms with Crippen LogP contribution < -0.4 is 0 Å². The number of carbonyl (C=O) groups is 1. The fraction of sp³-hybridized carbons (Fsp3) is 0.200. The van der Waals surface area contributed by atoms with Crippen molar-refractivity contribution < 1.29 is 14.8 Å². The van der Waals surface area contributed by atoms with Gasteiger partial charge in [0.15, 0.2) is 6.29 Å². The Hall–Kier alpha value is -2.08. The molecule has 0 amide bonds. The molecule has 16 heavy (non-hydrogen) atoms. The predicted molar refractivity (Wildman–Crippen MR) is 57.4 cm³/mol. The summed E-state index contributed by atoms with van der Waals surface area (Å²) in [4.78, 5) is 23.7. The molecule has 0 radical (unpaired) electrons. The number of aliphatic hydroxyl groups is 1. The van der Waals surface area contributed by atoms with Crippen LogP contribution in [0.3, 0.4) is 0 Å². The van der Waals surface area contributed by atoms with Gasteiger partial charge in [0.05, 0.1) is 18.5 Å². The second-order valence-corrected chi connectivity index (χ2v) is 3.02. The van der Waals surface area contributed by atoms with Crippen LogP contribution in [0.5, 0.6) is 0 Å². The number of carbonyl (C=O) groups excluding carboxylic acids is 1. The number of aldehydes is 1. The highest BCUT2D eigenvalue weighted by Crippen LogP contribution is 2.13. The Kier molecular flexibility index (Phi) is 4.28. The second-order valence-electron chi connectivity index (χ2n) is 3.02. The van der Waals surface area contributed by atoms with Gasteiger partial charge in [-0.25, -0.2) is 0 Å². The number of hydrogen-bond acceptors (Lipinski definition) is 5. The van der Waals surface area contributed by atoms with Crippen LogP contribution in [0.25, 0.3) is 0 Å². The Balaban J connectivity index is 2.82. The average Bonchev–Trinajstić information content (AvgIpc) is 2.29. The first-order valence-electron chi connectivity index (χ1n) is 4.50. The van der Waals surface area contributed by atoms with Gasteiger partial charge in [0, 0.05) is 4.92 Å². The van der Waals surface area contributed by atoms with Crippen LogP contribution in [-0.2, 0) is 11.4 Å². The first-order valence-corrected chi connectivity index (χ1v) is 4.50. The molecule has 0 aliphatic carbocycles. The molecule has 6 heteroatoms. The SMILES string of the molecule is O=CC(C=Nc1cccc(CO)c1)[N+](=O)[O-]. The Labute approximate surface area is 91.4 Å². The van der Waals surface area contributed by atoms with Gasteiger partial charge in [-0.3, -0.25) is 19.9 Å². The quantitative estimate of drug-likeness (QED) is 0.344. The summed E-state index contributed by atoms with van der Waals surface area (Å²) in [5.74, 6) is 0. The molecular weight excluding hydrogens is 212 g/mol. The molecule has 1 aromatic rings. The van der Waals surface area contributed by atoms with Gasteiger partial charge in [-0.2, -0.15) is 0 Å². The van der Waals surface area contributed by atoms with E-state index in [9.17, 15) is 14.9 Å². The first-order chi connectivity index (χ1) is 7.67. The van der Waals surface area contributed by atoms with Crippen LogP contribution >= 0.6 is 0 Å². The zero-order chi connectivity index (χ0) is 12.0. The van der Waals surface area contributed by atoms with E-state index in [-0.39, 0.29) is 12.9 Å². The van der Waals surface area contributed by atoms with Crippen molar-refractivity contribution in [3.8, 4) is 0 Å². The molecular formula is C10H10N2O4. The lowest BCUT2D eigenvalue weighted by Crippen LogP contribution is -2.22. The summed E-state index contributed by atoms with van der Waals surface area (Å²) >= 11 is 0. The number of benzene rings is 1. The summed E-state index contributed by atoms with van der Waals surface area (Å²) in [7, 11) is 0. The summed E-state index contributed by atoms with van der Waals surface area (Å²) in [6.07, 6.45) is 1.17. The summed E-state index contributed by atoms with van der Waals surface area (Å²) in [5, 5.41) is 19.2. The Morgan fingerprint density at radius 3 is 2.88 bits per heavy atom. The predicted octanol–water partition coefficient (Wildman–Crippen LogP) is 0.725. The van der Waals surface area contributed by atoms with Gasteiger partial charge in [-0.05, 0) is 17.7 Å². The number of hydrogen-bond donors (Lipinski definition) is 1. The van der Waals surface area contributed by atoms with E-state index in [1.54, 1.807) is 24.3 Å². The van der Waals surface area contributed by atoms with Gasteiger partial charge >= 0.3 is 6.04 Å². The zero-order valence-corrected chi connectivity index (χ0v) is 8.31. The van der Waals surface area contributed by atoms with Gasteiger partial charge in [0.25, 0.3) is 0 Å². The summed E-state index contributed by atoms with van der Waals surface area (Å²) in [5.41, 5.74) is 1.11. The molecule has 0 aliphatic heterocycles. The van der Waals surface area contributed by atoms with E-state index in [0.29, 0.717) is 11.3 Å². The van der Waals surface area contributed by atoms with Gasteiger partial charge < -0.3 is 5.11 Å². The molecule has 0 spiro atoms. The number of nitro groups is 1. The maximum Gasteiger partial charge on any atom is 0.302 e. The van der Waals surface area contributed by atoms with E-state index in [4.69, 9.17) is 5.11 Å². The molecule has 1 N–H and O–H groups in total. The van der Waals surface area contributed by atoms with E-state index < -0.39 is 11.0 Å². The topological polar surface area (TPSA) is 92.8 Å². The Morgan fingerprint density at radius 1 is 1.56 bits per heavy atom. The third-order valence-corrected chi connectivity index (χ3v) is 1.85. The fourth-order valence-electron chi connectivity index (χ4n) is 1.04. The van der Waals surface area contributed by atoms with Crippen molar-refractivity contribution in [2.24, 2.45) is 4.99 Å². The maximum atomic E-state index is 10.3. The van der Waals surface area contributed by atoms with Crippen molar-refractivity contribution in [3.05, 3.63) is 39.9 Å². The Morgan fingerprint density at radius 2 is 2.31 bits per heavy atom. The highest BCUT2D eigenvalue weighted by atomic mass is 16.6. The maximum absolute atomic E-state index is 10.3. The first kappa shape index (κ1) is 12.0. The zero-order valence-electron chi connectivity index (χ0n) is 8.31. The van der Waals surface area contributed by atoms with E-state index in [1.807, 2.05) is 0 Å². The lowest BCUT2D eigenvalue weighted by atomic mass is 10.2. The van der Waals surface area contributed by atoms with Gasteiger partial charge in [-0.1, -0.05) is 12.1 Å². The molecule has 6 nitrogen and oxygen atoms in total. The molecule has 0 aromatic heterocycles. The van der Waals surface area contributed by atoms with Gasteiger partial charge in [-0.15, -0.1) is 0 Å². The van der Waals surface area contributed by atoms with Crippen molar-refractivity contribution in [2.75, 3.05) is 0 Å². The van der Waals surface area contributed by atoms with Crippen LogP contribution in [-0.4, -0.2) is 28.6 Å². The molecule has 84 valence electrons. The highest BCUT2D eigenvalue weighted by Gasteiger charge is 2.14. The molecule has 1 atom stereocenters. The molecule has 1 aromatic carbocycles. The van der Waals surface area contributed by atoms with Gasteiger partial charge in [0.2, 0.25) is 0 Å². The number of rotatable bonds is 5. The van der Waals surface area contributed by atoms with E-state index >= 15 is 0 Å². The standard InChI is InChI=1S/C10H10N2O4/c13-6-8-2-1-3-9(4-8)11-5-10(7-14)12(15)16/h1-5,7,10,13H,6H2. The normalized spacial score (nSPS) is 12.6. The largest absolute Gasteiger partial charge is 0.392 e. The Bertz CT molecular complexity index is 417. The smallest absolute Gasteiger partial charge is 0.302 e. The molecule has 0 bridgehead atoms. The minimum Gasteiger partial charge on any atom is -0.392 e. The summed E-state index contributed by atoms with van der Waals surface area (Å²) in [6.45, 7) is -0.129. The number of aliphatic hydroxyl groups excluding tert-OH is 1. The van der Waals surface area contributed by atoms with Crippen molar-refractivity contribution in [3.63, 3.8) is 0 Å². The number of nitrogens with zero attached hydrogens (tertiary/aromatic N) is 2. The van der Waals surface area contributed by atoms with Crippen LogP contribution in [0.2, 0.25) is 0 Å². The molecule has 0 fully saturated rings. The molecule has 1 rings (SSSR count). The lowest BCUT2D eigenvalue weighted by molar-refractivity contribution is -0.485. The summed E-state index contributed by atoms with van der Waals surface area (Å²) in [6, 6.07) is 5.14. The van der Waals surface area contributed by atoms with Crippen LogP contribution in [0.4, 0.5) is 5.69 Å². The van der Waals surface area contributed by atoms with E-state index in [1.165, 1.54) is 0 Å². The van der Waals surface area contributed by atoms with Gasteiger partial charge in [0.1, 0.15) is 0 Å². The van der Waals surface area contributed by atoms with Crippen molar-refractivity contribution in [1.29, 1.82) is 0 Å². The minimum atomic E-state index is -1.43. The van der Waals surface area contributed by atoms with Crippen molar-refractivity contribution in [1.82, 2.24) is 0 Å². The van der Waals surface area contributed by atoms with Crippen LogP contribution in [0, 0.1) is 10.1 Å². The second kappa shape index (κ2) is 5.72. The highest BCUT2D eigenvalue weighted by molar-refractivity contribution is 5.84. The molecule has 0 heterocycles. The van der Waals surface area contributed by atoms with Crippen molar-refractivity contribution >= 4 is 18.2 Å². The van der Waals surface area contributed by atoms with E-state index in [0.717, 1.165) is 6.21 Å². The third-order valence-electron chi connectivity index (χ3n) is 1.85. The van der Waals surface area contributed by atoms with Crippen LogP contribution in [0.15, 0.2) is 29.3 Å². The average molecular weight is 222 g/mol. The molecule has 0 saturated carbocycles. The monoisotopic (exact) mass is 222 g/mol. The summed E-state index contributed by atoms with van der Waals surface area (Å²) < 4.78 is 0.